The van der Waals surface area contributed by atoms with Crippen molar-refractivity contribution in [1.82, 2.24) is 0 Å². The van der Waals surface area contributed by atoms with Crippen molar-refractivity contribution >= 4 is 0 Å². The number of fused-ring (bicyclic) bond motifs is 3. The third kappa shape index (κ3) is 3.67. The number of allylic oxidation sites excluding steroid dienone is 1. The van der Waals surface area contributed by atoms with Crippen LogP contribution in [0.15, 0.2) is 42.0 Å². The Hall–Kier alpha value is -1.28. The highest BCUT2D eigenvalue weighted by Crippen LogP contribution is 2.76. The number of ether oxygens (including phenoxy) is 2. The summed E-state index contributed by atoms with van der Waals surface area (Å²) in [4.78, 5) is 0. The molecule has 1 aliphatic heterocycles. The van der Waals surface area contributed by atoms with E-state index in [9.17, 15) is 0 Å². The van der Waals surface area contributed by atoms with Crippen molar-refractivity contribution in [1.29, 1.82) is 0 Å². The summed E-state index contributed by atoms with van der Waals surface area (Å²) in [5, 5.41) is 0. The molecule has 1 saturated heterocycles. The van der Waals surface area contributed by atoms with Crippen molar-refractivity contribution in [3.63, 3.8) is 0 Å². The van der Waals surface area contributed by atoms with Gasteiger partial charge in [0, 0.05) is 5.41 Å². The number of epoxide rings is 1. The van der Waals surface area contributed by atoms with Gasteiger partial charge in [-0.05, 0) is 97.7 Å². The van der Waals surface area contributed by atoms with Gasteiger partial charge in [-0.1, -0.05) is 78.2 Å². The molecule has 0 radical (unpaired) electrons. The summed E-state index contributed by atoms with van der Waals surface area (Å²) in [6.45, 7) is 12.5. The first-order chi connectivity index (χ1) is 16.8. The first-order valence-corrected chi connectivity index (χ1v) is 14.9. The van der Waals surface area contributed by atoms with Crippen LogP contribution in [-0.4, -0.2) is 17.8 Å². The summed E-state index contributed by atoms with van der Waals surface area (Å²) in [6.07, 6.45) is 16.6. The zero-order valence-corrected chi connectivity index (χ0v) is 22.9. The monoisotopic (exact) mass is 476 g/mol. The Balaban J connectivity index is 1.19. The minimum absolute atomic E-state index is 0.0816. The molecule has 0 aromatic heterocycles. The van der Waals surface area contributed by atoms with E-state index in [1.807, 2.05) is 0 Å². The van der Waals surface area contributed by atoms with Crippen molar-refractivity contribution in [2.75, 3.05) is 0 Å². The molecule has 2 nitrogen and oxygen atoms in total. The molecule has 9 atom stereocenters. The van der Waals surface area contributed by atoms with E-state index in [1.54, 1.807) is 5.57 Å². The van der Waals surface area contributed by atoms with Gasteiger partial charge in [-0.15, -0.1) is 0 Å². The van der Waals surface area contributed by atoms with E-state index in [2.05, 4.69) is 71.0 Å². The maximum Gasteiger partial charge on any atom is 0.122 e. The predicted octanol–water partition coefficient (Wildman–Crippen LogP) is 8.61. The lowest BCUT2D eigenvalue weighted by molar-refractivity contribution is -0.0579. The van der Waals surface area contributed by atoms with Crippen LogP contribution in [0.25, 0.3) is 0 Å². The number of hydrogen-bond acceptors (Lipinski definition) is 2. The van der Waals surface area contributed by atoms with Gasteiger partial charge in [0.15, 0.2) is 0 Å². The topological polar surface area (TPSA) is 21.8 Å². The summed E-state index contributed by atoms with van der Waals surface area (Å²) < 4.78 is 13.2. The second-order valence-corrected chi connectivity index (χ2v) is 13.9. The van der Waals surface area contributed by atoms with Gasteiger partial charge in [-0.3, -0.25) is 0 Å². The van der Waals surface area contributed by atoms with Gasteiger partial charge in [0.25, 0.3) is 0 Å². The summed E-state index contributed by atoms with van der Waals surface area (Å²) in [6, 6.07) is 10.5. The zero-order valence-electron chi connectivity index (χ0n) is 22.9. The molecule has 4 fully saturated rings. The lowest BCUT2D eigenvalue weighted by atomic mass is 9.47. The van der Waals surface area contributed by atoms with Crippen LogP contribution in [-0.2, 0) is 4.74 Å². The van der Waals surface area contributed by atoms with Crippen LogP contribution in [0.1, 0.15) is 98.8 Å². The first kappa shape index (κ1) is 24.1. The van der Waals surface area contributed by atoms with Crippen LogP contribution in [0.2, 0.25) is 0 Å². The van der Waals surface area contributed by atoms with Gasteiger partial charge in [0.05, 0.1) is 12.2 Å². The fourth-order valence-corrected chi connectivity index (χ4v) is 9.65. The van der Waals surface area contributed by atoms with Crippen molar-refractivity contribution in [3.05, 3.63) is 42.0 Å². The Morgan fingerprint density at radius 3 is 2.57 bits per heavy atom. The Morgan fingerprint density at radius 2 is 1.80 bits per heavy atom. The molecule has 1 heterocycles. The quantitative estimate of drug-likeness (QED) is 0.290. The Kier molecular flexibility index (Phi) is 5.95. The molecule has 0 N–H and O–H groups in total. The Morgan fingerprint density at radius 1 is 1.00 bits per heavy atom. The lowest BCUT2D eigenvalue weighted by Crippen LogP contribution is -2.54. The maximum absolute atomic E-state index is 6.77. The van der Waals surface area contributed by atoms with E-state index in [-0.39, 0.29) is 5.60 Å². The summed E-state index contributed by atoms with van der Waals surface area (Å²) in [7, 11) is 0. The van der Waals surface area contributed by atoms with E-state index in [4.69, 9.17) is 9.47 Å². The molecule has 1 aromatic carbocycles. The largest absolute Gasteiger partial charge is 0.490 e. The predicted molar refractivity (Wildman–Crippen MR) is 143 cm³/mol. The molecule has 3 saturated carbocycles. The molecule has 6 rings (SSSR count). The van der Waals surface area contributed by atoms with Crippen LogP contribution >= 0.6 is 0 Å². The minimum Gasteiger partial charge on any atom is -0.490 e. The van der Waals surface area contributed by atoms with Crippen LogP contribution in [0.4, 0.5) is 0 Å². The molecule has 4 aliphatic carbocycles. The van der Waals surface area contributed by atoms with Crippen molar-refractivity contribution < 1.29 is 9.47 Å². The fraction of sp³-hybridized carbons (Fsp3) is 0.758. The zero-order chi connectivity index (χ0) is 24.4. The van der Waals surface area contributed by atoms with Crippen molar-refractivity contribution in [2.24, 2.45) is 40.4 Å². The van der Waals surface area contributed by atoms with E-state index in [0.717, 1.165) is 29.4 Å². The maximum atomic E-state index is 6.77. The molecule has 192 valence electrons. The molecule has 0 unspecified atom stereocenters. The standard InChI is InChI=1S/C33H48O2/c1-22(2)10-9-11-23(3)29-21-30-33(35-30)28-15-14-24-20-26(34-25-12-7-6-8-13-25)16-18-31(24,4)27(28)17-19-32(29,33)5/h6-8,12-13,15,22-24,26-27,29-30H,9-11,14,16-21H2,1-5H3/t23-,24+,26+,27+,29-,30+,31+,32-,33+/m1/s1. The van der Waals surface area contributed by atoms with E-state index >= 15 is 0 Å². The number of para-hydroxylation sites is 1. The number of hydrogen-bond donors (Lipinski definition) is 0. The number of benzene rings is 1. The van der Waals surface area contributed by atoms with Crippen molar-refractivity contribution in [3.8, 4) is 5.75 Å². The molecule has 2 heteroatoms. The number of rotatable bonds is 7. The highest BCUT2D eigenvalue weighted by molar-refractivity contribution is 5.43. The third-order valence-electron chi connectivity index (χ3n) is 11.7. The molecule has 0 amide bonds. The second kappa shape index (κ2) is 8.64. The smallest absolute Gasteiger partial charge is 0.122 e. The van der Waals surface area contributed by atoms with E-state index in [1.165, 1.54) is 64.2 Å². The van der Waals surface area contributed by atoms with Crippen LogP contribution in [0, 0.1) is 40.4 Å². The van der Waals surface area contributed by atoms with Crippen LogP contribution in [0.3, 0.4) is 0 Å². The van der Waals surface area contributed by atoms with Gasteiger partial charge in [-0.2, -0.15) is 0 Å². The molecule has 5 aliphatic rings. The third-order valence-corrected chi connectivity index (χ3v) is 11.7. The normalized spacial score (nSPS) is 44.5. The van der Waals surface area contributed by atoms with E-state index in [0.29, 0.717) is 29.0 Å². The van der Waals surface area contributed by atoms with Crippen LogP contribution in [0.5, 0.6) is 5.75 Å². The highest BCUT2D eigenvalue weighted by Gasteiger charge is 2.79. The summed E-state index contributed by atoms with van der Waals surface area (Å²) in [5.41, 5.74) is 2.58. The summed E-state index contributed by atoms with van der Waals surface area (Å²) >= 11 is 0. The molecule has 35 heavy (non-hydrogen) atoms. The highest BCUT2D eigenvalue weighted by atomic mass is 16.6. The lowest BCUT2D eigenvalue weighted by Gasteiger charge is -2.58. The van der Waals surface area contributed by atoms with E-state index < -0.39 is 0 Å². The molecule has 1 aromatic rings. The molecular weight excluding hydrogens is 428 g/mol. The average Bonchev–Trinajstić information content (AvgIpc) is 3.49. The molecule has 1 spiro atoms. The first-order valence-electron chi connectivity index (χ1n) is 14.9. The molecule has 0 bridgehead atoms. The second-order valence-electron chi connectivity index (χ2n) is 13.9. The Bertz CT molecular complexity index is 951. The molecular formula is C33H48O2. The SMILES string of the molecule is CC(C)CCC[C@@H](C)[C@H]1C[C@@H]2O[C@@]23C2=CC[C@H]4C[C@@H](Oc5ccccc5)CC[C@]4(C)[C@H]2CC[C@]13C. The summed E-state index contributed by atoms with van der Waals surface area (Å²) in [5.74, 6) is 4.97. The minimum atomic E-state index is 0.0816. The fourth-order valence-electron chi connectivity index (χ4n) is 9.65. The van der Waals surface area contributed by atoms with Crippen molar-refractivity contribution in [2.45, 2.75) is 117 Å². The average molecular weight is 477 g/mol. The van der Waals surface area contributed by atoms with Gasteiger partial charge in [-0.25, -0.2) is 0 Å². The van der Waals surface area contributed by atoms with Gasteiger partial charge >= 0.3 is 0 Å². The Labute approximate surface area is 214 Å². The van der Waals surface area contributed by atoms with Gasteiger partial charge in [0.2, 0.25) is 0 Å². The van der Waals surface area contributed by atoms with Gasteiger partial charge < -0.3 is 9.47 Å². The van der Waals surface area contributed by atoms with Gasteiger partial charge in [0.1, 0.15) is 11.4 Å². The van der Waals surface area contributed by atoms with Crippen LogP contribution < -0.4 is 4.74 Å².